The molecule has 2 nitrogen and oxygen atoms in total. The number of hydrogen-bond acceptors (Lipinski definition) is 2. The predicted octanol–water partition coefficient (Wildman–Crippen LogP) is 1.16. The van der Waals surface area contributed by atoms with Gasteiger partial charge in [-0.2, -0.15) is 0 Å². The van der Waals surface area contributed by atoms with E-state index >= 15 is 0 Å². The molecule has 0 aliphatic rings. The van der Waals surface area contributed by atoms with Crippen molar-refractivity contribution in [3.63, 3.8) is 0 Å². The van der Waals surface area contributed by atoms with Gasteiger partial charge in [0.15, 0.2) is 0 Å². The highest BCUT2D eigenvalue weighted by Crippen LogP contribution is 1.80. The highest BCUT2D eigenvalue weighted by atomic mass is 15.0. The van der Waals surface area contributed by atoms with Crippen molar-refractivity contribution in [3.8, 4) is 0 Å². The smallest absolute Gasteiger partial charge is 0.118 e. The molecule has 0 aromatic carbocycles. The maximum Gasteiger partial charge on any atom is 0.118 e. The zero-order valence-electron chi connectivity index (χ0n) is 5.44. The van der Waals surface area contributed by atoms with Crippen LogP contribution in [0, 0.1) is 0 Å². The lowest BCUT2D eigenvalue weighted by Gasteiger charge is -1.97. The minimum absolute atomic E-state index is 0.731. The molecule has 0 aromatic heterocycles. The lowest BCUT2D eigenvalue weighted by molar-refractivity contribution is 0.847. The van der Waals surface area contributed by atoms with E-state index < -0.39 is 0 Å². The number of nitrogens with zero attached hydrogens (tertiary/aromatic N) is 1. The van der Waals surface area contributed by atoms with Gasteiger partial charge in [-0.3, -0.25) is 0 Å². The van der Waals surface area contributed by atoms with Crippen molar-refractivity contribution in [2.45, 2.75) is 13.8 Å². The molecular formula is C6H12N2. The van der Waals surface area contributed by atoms with Crippen LogP contribution in [0.1, 0.15) is 13.8 Å². The molecule has 0 saturated carbocycles. The molecule has 0 rings (SSSR count). The largest absolute Gasteiger partial charge is 0.371 e. The first-order chi connectivity index (χ1) is 3.81. The summed E-state index contributed by atoms with van der Waals surface area (Å²) < 4.78 is 0. The average Bonchev–Trinajstić information content (AvgIpc) is 1.68. The van der Waals surface area contributed by atoms with Gasteiger partial charge in [-0.1, -0.05) is 6.58 Å². The van der Waals surface area contributed by atoms with Crippen molar-refractivity contribution in [1.82, 2.24) is 5.32 Å². The van der Waals surface area contributed by atoms with Crippen molar-refractivity contribution in [3.05, 3.63) is 12.4 Å². The Morgan fingerprint density at radius 2 is 2.50 bits per heavy atom. The summed E-state index contributed by atoms with van der Waals surface area (Å²) in [5.41, 5.74) is 0. The molecule has 0 unspecified atom stereocenters. The topological polar surface area (TPSA) is 24.4 Å². The van der Waals surface area contributed by atoms with Crippen molar-refractivity contribution in [2.24, 2.45) is 4.99 Å². The van der Waals surface area contributed by atoms with Gasteiger partial charge >= 0.3 is 0 Å². The van der Waals surface area contributed by atoms with E-state index in [2.05, 4.69) is 16.9 Å². The van der Waals surface area contributed by atoms with Gasteiger partial charge in [0.1, 0.15) is 5.82 Å². The Hall–Kier alpha value is -0.790. The lowest BCUT2D eigenvalue weighted by atomic mass is 10.7. The SMILES string of the molecule is C=C(/N=C/C)NCC. The first kappa shape index (κ1) is 7.21. The summed E-state index contributed by atoms with van der Waals surface area (Å²) in [4.78, 5) is 3.88. The molecule has 2 heteroatoms. The molecule has 0 saturated heterocycles. The van der Waals surface area contributed by atoms with E-state index in [0.29, 0.717) is 0 Å². The van der Waals surface area contributed by atoms with Crippen molar-refractivity contribution in [1.29, 1.82) is 0 Å². The molecule has 0 heterocycles. The van der Waals surface area contributed by atoms with Gasteiger partial charge in [-0.05, 0) is 13.8 Å². The number of rotatable bonds is 3. The third kappa shape index (κ3) is 3.40. The first-order valence-electron chi connectivity index (χ1n) is 2.72. The first-order valence-corrected chi connectivity index (χ1v) is 2.72. The maximum absolute atomic E-state index is 3.88. The zero-order valence-corrected chi connectivity index (χ0v) is 5.44. The quantitative estimate of drug-likeness (QED) is 0.544. The van der Waals surface area contributed by atoms with E-state index in [4.69, 9.17) is 0 Å². The van der Waals surface area contributed by atoms with Crippen molar-refractivity contribution < 1.29 is 0 Å². The Bertz CT molecular complexity index is 94.7. The predicted molar refractivity (Wildman–Crippen MR) is 37.0 cm³/mol. The van der Waals surface area contributed by atoms with Gasteiger partial charge in [-0.15, -0.1) is 0 Å². The molecule has 0 spiro atoms. The standard InChI is InChI=1S/C6H12N2/c1-4-7-6(3)8-5-2/h4,8H,3,5H2,1-2H3/b7-4+. The van der Waals surface area contributed by atoms with E-state index in [9.17, 15) is 0 Å². The van der Waals surface area contributed by atoms with Gasteiger partial charge in [0, 0.05) is 12.8 Å². The minimum Gasteiger partial charge on any atom is -0.371 e. The summed E-state index contributed by atoms with van der Waals surface area (Å²) in [7, 11) is 0. The fraction of sp³-hybridized carbons (Fsp3) is 0.500. The summed E-state index contributed by atoms with van der Waals surface area (Å²) in [5.74, 6) is 0.731. The van der Waals surface area contributed by atoms with Crippen molar-refractivity contribution in [2.75, 3.05) is 6.54 Å². The van der Waals surface area contributed by atoms with Crippen LogP contribution >= 0.6 is 0 Å². The van der Waals surface area contributed by atoms with Crippen LogP contribution in [0.25, 0.3) is 0 Å². The number of hydrogen-bond donors (Lipinski definition) is 1. The molecule has 46 valence electrons. The molecule has 0 atom stereocenters. The van der Waals surface area contributed by atoms with E-state index in [-0.39, 0.29) is 0 Å². The molecule has 0 aliphatic heterocycles. The fourth-order valence-electron chi connectivity index (χ4n) is 0.406. The molecule has 0 amide bonds. The molecule has 8 heavy (non-hydrogen) atoms. The van der Waals surface area contributed by atoms with E-state index in [1.54, 1.807) is 6.21 Å². The van der Waals surface area contributed by atoms with Crippen LogP contribution in [0.4, 0.5) is 0 Å². The van der Waals surface area contributed by atoms with E-state index in [0.717, 1.165) is 12.4 Å². The Labute approximate surface area is 50.3 Å². The molecule has 0 fully saturated rings. The van der Waals surface area contributed by atoms with Crippen LogP contribution in [0.2, 0.25) is 0 Å². The summed E-state index contributed by atoms with van der Waals surface area (Å²) in [6, 6.07) is 0. The summed E-state index contributed by atoms with van der Waals surface area (Å²) in [6.07, 6.45) is 1.71. The molecule has 1 N–H and O–H groups in total. The van der Waals surface area contributed by atoms with Gasteiger partial charge in [0.2, 0.25) is 0 Å². The molecular weight excluding hydrogens is 100 g/mol. The van der Waals surface area contributed by atoms with Crippen LogP contribution in [0.15, 0.2) is 17.4 Å². The second-order valence-electron chi connectivity index (χ2n) is 1.36. The summed E-state index contributed by atoms with van der Waals surface area (Å²) >= 11 is 0. The monoisotopic (exact) mass is 112 g/mol. The Kier molecular flexibility index (Phi) is 3.94. The maximum atomic E-state index is 3.88. The van der Waals surface area contributed by atoms with Crippen LogP contribution in [0.3, 0.4) is 0 Å². The fourth-order valence-corrected chi connectivity index (χ4v) is 0.406. The van der Waals surface area contributed by atoms with Gasteiger partial charge in [0.05, 0.1) is 0 Å². The summed E-state index contributed by atoms with van der Waals surface area (Å²) in [6.45, 7) is 8.38. The number of nitrogens with one attached hydrogen (secondary N) is 1. The second-order valence-corrected chi connectivity index (χ2v) is 1.36. The highest BCUT2D eigenvalue weighted by molar-refractivity contribution is 5.54. The van der Waals surface area contributed by atoms with Gasteiger partial charge in [-0.25, -0.2) is 4.99 Å². The number of aliphatic imine (C=N–C) groups is 1. The molecule has 0 aliphatic carbocycles. The van der Waals surface area contributed by atoms with E-state index in [1.807, 2.05) is 13.8 Å². The second kappa shape index (κ2) is 4.37. The zero-order chi connectivity index (χ0) is 6.41. The normalized spacial score (nSPS) is 9.75. The van der Waals surface area contributed by atoms with E-state index in [1.165, 1.54) is 0 Å². The molecule has 0 aromatic rings. The third-order valence-corrected chi connectivity index (χ3v) is 0.666. The molecule has 0 bridgehead atoms. The van der Waals surface area contributed by atoms with Gasteiger partial charge in [0.25, 0.3) is 0 Å². The van der Waals surface area contributed by atoms with Gasteiger partial charge < -0.3 is 5.32 Å². The van der Waals surface area contributed by atoms with Crippen LogP contribution < -0.4 is 5.32 Å². The Morgan fingerprint density at radius 3 is 2.88 bits per heavy atom. The minimum atomic E-state index is 0.731. The third-order valence-electron chi connectivity index (χ3n) is 0.666. The molecule has 0 radical (unpaired) electrons. The van der Waals surface area contributed by atoms with Crippen LogP contribution in [-0.4, -0.2) is 12.8 Å². The lowest BCUT2D eigenvalue weighted by Crippen LogP contribution is -2.08. The van der Waals surface area contributed by atoms with Crippen LogP contribution in [-0.2, 0) is 0 Å². The highest BCUT2D eigenvalue weighted by Gasteiger charge is 1.78. The van der Waals surface area contributed by atoms with Crippen LogP contribution in [0.5, 0.6) is 0 Å². The van der Waals surface area contributed by atoms with Crippen molar-refractivity contribution >= 4 is 6.21 Å². The average molecular weight is 112 g/mol. The Morgan fingerprint density at radius 1 is 1.88 bits per heavy atom. The Balaban J connectivity index is 3.33. The summed E-state index contributed by atoms with van der Waals surface area (Å²) in [5, 5.41) is 2.95.